The number of nitrogens with one attached hydrogen (secondary N) is 1. The zero-order valence-electron chi connectivity index (χ0n) is 15.9. The van der Waals surface area contributed by atoms with Gasteiger partial charge in [0.2, 0.25) is 0 Å². The van der Waals surface area contributed by atoms with Gasteiger partial charge in [-0.05, 0) is 50.0 Å². The SMILES string of the molecule is C=C.C=C(O)c1ccc(OCCN(CCC)CCC2CC2)c(NC)c1. The molecule has 1 aliphatic carbocycles. The Bertz CT molecular complexity index is 527. The van der Waals surface area contributed by atoms with Crippen LogP contribution in [-0.4, -0.2) is 43.3 Å². The summed E-state index contributed by atoms with van der Waals surface area (Å²) in [6.07, 6.45) is 5.35. The van der Waals surface area contributed by atoms with E-state index in [2.05, 4.69) is 36.9 Å². The monoisotopic (exact) mass is 346 g/mol. The van der Waals surface area contributed by atoms with E-state index in [0.29, 0.717) is 12.2 Å². The molecule has 2 rings (SSSR count). The van der Waals surface area contributed by atoms with E-state index in [4.69, 9.17) is 4.74 Å². The maximum Gasteiger partial charge on any atom is 0.142 e. The summed E-state index contributed by atoms with van der Waals surface area (Å²) in [6.45, 7) is 15.7. The van der Waals surface area contributed by atoms with E-state index in [-0.39, 0.29) is 5.76 Å². The molecule has 1 aromatic rings. The average Bonchev–Trinajstić information content (AvgIpc) is 3.45. The third kappa shape index (κ3) is 7.65. The fourth-order valence-electron chi connectivity index (χ4n) is 2.74. The second kappa shape index (κ2) is 11.6. The number of hydrogen-bond acceptors (Lipinski definition) is 4. The quantitative estimate of drug-likeness (QED) is 0.439. The first kappa shape index (κ1) is 21.1. The van der Waals surface area contributed by atoms with Crippen molar-refractivity contribution in [3.63, 3.8) is 0 Å². The van der Waals surface area contributed by atoms with Crippen molar-refractivity contribution in [1.29, 1.82) is 0 Å². The van der Waals surface area contributed by atoms with Gasteiger partial charge in [-0.25, -0.2) is 0 Å². The van der Waals surface area contributed by atoms with Gasteiger partial charge in [-0.2, -0.15) is 0 Å². The molecule has 0 aromatic heterocycles. The fourth-order valence-corrected chi connectivity index (χ4v) is 2.74. The number of benzene rings is 1. The summed E-state index contributed by atoms with van der Waals surface area (Å²) in [4.78, 5) is 2.50. The van der Waals surface area contributed by atoms with Crippen LogP contribution in [0.1, 0.15) is 38.2 Å². The van der Waals surface area contributed by atoms with Crippen molar-refractivity contribution in [2.45, 2.75) is 32.6 Å². The lowest BCUT2D eigenvalue weighted by Crippen LogP contribution is -2.30. The number of nitrogens with zero attached hydrogens (tertiary/aromatic N) is 1. The van der Waals surface area contributed by atoms with Crippen LogP contribution in [-0.2, 0) is 0 Å². The number of hydrogen-bond donors (Lipinski definition) is 2. The van der Waals surface area contributed by atoms with Gasteiger partial charge in [0.05, 0.1) is 5.69 Å². The van der Waals surface area contributed by atoms with Crippen LogP contribution in [0.5, 0.6) is 5.75 Å². The first-order valence-electron chi connectivity index (χ1n) is 9.19. The van der Waals surface area contributed by atoms with Crippen LogP contribution >= 0.6 is 0 Å². The summed E-state index contributed by atoms with van der Waals surface area (Å²) in [5, 5.41) is 12.6. The molecule has 4 heteroatoms. The van der Waals surface area contributed by atoms with Crippen molar-refractivity contribution < 1.29 is 9.84 Å². The van der Waals surface area contributed by atoms with Crippen molar-refractivity contribution in [2.75, 3.05) is 38.6 Å². The van der Waals surface area contributed by atoms with Gasteiger partial charge in [-0.15, -0.1) is 13.2 Å². The molecule has 1 aromatic carbocycles. The van der Waals surface area contributed by atoms with Gasteiger partial charge in [0.15, 0.2) is 0 Å². The van der Waals surface area contributed by atoms with Gasteiger partial charge in [-0.3, -0.25) is 4.90 Å². The van der Waals surface area contributed by atoms with Crippen LogP contribution in [0, 0.1) is 5.92 Å². The second-order valence-electron chi connectivity index (χ2n) is 6.33. The molecule has 0 heterocycles. The smallest absolute Gasteiger partial charge is 0.142 e. The summed E-state index contributed by atoms with van der Waals surface area (Å²) < 4.78 is 5.95. The van der Waals surface area contributed by atoms with Crippen molar-refractivity contribution in [3.8, 4) is 5.75 Å². The number of anilines is 1. The molecule has 25 heavy (non-hydrogen) atoms. The van der Waals surface area contributed by atoms with Gasteiger partial charge in [0, 0.05) is 19.2 Å². The molecule has 1 fully saturated rings. The maximum absolute atomic E-state index is 9.48. The van der Waals surface area contributed by atoms with E-state index in [1.54, 1.807) is 0 Å². The van der Waals surface area contributed by atoms with Crippen LogP contribution in [0.25, 0.3) is 5.76 Å². The lowest BCUT2D eigenvalue weighted by molar-refractivity contribution is 0.205. The first-order chi connectivity index (χ1) is 12.1. The Hall–Kier alpha value is -1.94. The van der Waals surface area contributed by atoms with Gasteiger partial charge in [0.25, 0.3) is 0 Å². The molecule has 2 N–H and O–H groups in total. The number of aliphatic hydroxyl groups excluding tert-OH is 1. The van der Waals surface area contributed by atoms with Gasteiger partial charge in [0.1, 0.15) is 18.1 Å². The summed E-state index contributed by atoms with van der Waals surface area (Å²) in [7, 11) is 1.85. The molecule has 1 aliphatic rings. The Morgan fingerprint density at radius 2 is 2.00 bits per heavy atom. The Kier molecular flexibility index (Phi) is 9.78. The second-order valence-corrected chi connectivity index (χ2v) is 6.33. The number of aliphatic hydroxyl groups is 1. The number of ether oxygens (including phenoxy) is 1. The largest absolute Gasteiger partial charge is 0.508 e. The molecule has 1 saturated carbocycles. The van der Waals surface area contributed by atoms with E-state index in [9.17, 15) is 5.11 Å². The zero-order chi connectivity index (χ0) is 18.7. The predicted octanol–water partition coefficient (Wildman–Crippen LogP) is 4.95. The summed E-state index contributed by atoms with van der Waals surface area (Å²) in [5.41, 5.74) is 1.58. The third-order valence-electron chi connectivity index (χ3n) is 4.34. The molecule has 4 nitrogen and oxygen atoms in total. The molecule has 140 valence electrons. The standard InChI is InChI=1S/C19H30N2O2.C2H4/c1-4-10-21(11-9-16-5-6-16)12-13-23-19-8-7-17(15(2)22)14-18(19)20-3;1-2/h7-8,14,16,20,22H,2,4-6,9-13H2,1,3H3;1-2H2. The van der Waals surface area contributed by atoms with E-state index in [0.717, 1.165) is 30.4 Å². The van der Waals surface area contributed by atoms with Gasteiger partial charge >= 0.3 is 0 Å². The summed E-state index contributed by atoms with van der Waals surface area (Å²) >= 11 is 0. The molecule has 0 unspecified atom stereocenters. The van der Waals surface area contributed by atoms with Crippen LogP contribution in [0.4, 0.5) is 5.69 Å². The highest BCUT2D eigenvalue weighted by molar-refractivity contribution is 5.66. The maximum atomic E-state index is 9.48. The molecule has 0 amide bonds. The van der Waals surface area contributed by atoms with Crippen molar-refractivity contribution >= 4 is 11.4 Å². The van der Waals surface area contributed by atoms with Crippen molar-refractivity contribution in [2.24, 2.45) is 5.92 Å². The highest BCUT2D eigenvalue weighted by Crippen LogP contribution is 2.32. The lowest BCUT2D eigenvalue weighted by atomic mass is 10.1. The van der Waals surface area contributed by atoms with Gasteiger partial charge < -0.3 is 15.2 Å². The molecular formula is C21H34N2O2. The molecule has 0 aliphatic heterocycles. The van der Waals surface area contributed by atoms with E-state index >= 15 is 0 Å². The minimum atomic E-state index is 0.0715. The third-order valence-corrected chi connectivity index (χ3v) is 4.34. The molecule has 0 radical (unpaired) electrons. The lowest BCUT2D eigenvalue weighted by Gasteiger charge is -2.22. The van der Waals surface area contributed by atoms with Crippen LogP contribution in [0.3, 0.4) is 0 Å². The molecule has 0 spiro atoms. The molecule has 0 saturated heterocycles. The van der Waals surface area contributed by atoms with E-state index in [1.165, 1.54) is 32.2 Å². The Morgan fingerprint density at radius 3 is 2.56 bits per heavy atom. The number of rotatable bonds is 11. The van der Waals surface area contributed by atoms with Crippen LogP contribution in [0.15, 0.2) is 37.9 Å². The Balaban J connectivity index is 0.00000151. The van der Waals surface area contributed by atoms with Gasteiger partial charge in [-0.1, -0.05) is 26.3 Å². The fraction of sp³-hybridized carbons (Fsp3) is 0.524. The van der Waals surface area contributed by atoms with Crippen molar-refractivity contribution in [3.05, 3.63) is 43.5 Å². The predicted molar refractivity (Wildman–Crippen MR) is 108 cm³/mol. The highest BCUT2D eigenvalue weighted by Gasteiger charge is 2.21. The zero-order valence-corrected chi connectivity index (χ0v) is 15.9. The molecule has 0 bridgehead atoms. The normalized spacial score (nSPS) is 13.1. The molecular weight excluding hydrogens is 312 g/mol. The minimum Gasteiger partial charge on any atom is -0.508 e. The minimum absolute atomic E-state index is 0.0715. The average molecular weight is 347 g/mol. The van der Waals surface area contributed by atoms with Crippen LogP contribution in [0.2, 0.25) is 0 Å². The molecule has 0 atom stereocenters. The van der Waals surface area contributed by atoms with Crippen LogP contribution < -0.4 is 10.1 Å². The van der Waals surface area contributed by atoms with E-state index in [1.807, 2.05) is 25.2 Å². The van der Waals surface area contributed by atoms with E-state index < -0.39 is 0 Å². The summed E-state index contributed by atoms with van der Waals surface area (Å²) in [5.74, 6) is 1.86. The first-order valence-corrected chi connectivity index (χ1v) is 9.19. The topological polar surface area (TPSA) is 44.7 Å². The summed E-state index contributed by atoms with van der Waals surface area (Å²) in [6, 6.07) is 5.57. The Morgan fingerprint density at radius 1 is 1.28 bits per heavy atom. The highest BCUT2D eigenvalue weighted by atomic mass is 16.5. The van der Waals surface area contributed by atoms with Crippen molar-refractivity contribution in [1.82, 2.24) is 4.90 Å². The Labute approximate surface area is 153 Å².